The largest absolute Gasteiger partial charge is 0.472 e. The zero-order valence-electron chi connectivity index (χ0n) is 12.9. The second-order valence-corrected chi connectivity index (χ2v) is 5.24. The Kier molecular flexibility index (Phi) is 4.42. The number of aromatic nitrogens is 2. The van der Waals surface area contributed by atoms with Gasteiger partial charge in [-0.2, -0.15) is 5.10 Å². The molecule has 0 saturated heterocycles. The number of H-pyrrole nitrogens is 1. The van der Waals surface area contributed by atoms with Crippen molar-refractivity contribution in [3.63, 3.8) is 0 Å². The van der Waals surface area contributed by atoms with Gasteiger partial charge in [0.15, 0.2) is 0 Å². The number of benzene rings is 1. The number of rotatable bonds is 5. The standard InChI is InChI=1S/C17H16N4O3/c1-11(19-17(23)13-7-9-24-10-13)16(22)20-14-4-2-12(3-5-14)15-6-8-18-21-15/h2-11H,1H3,(H,18,21)(H,19,23)(H,20,22). The molecule has 0 radical (unpaired) electrons. The van der Waals surface area contributed by atoms with Crippen molar-refractivity contribution in [1.29, 1.82) is 0 Å². The van der Waals surface area contributed by atoms with Crippen molar-refractivity contribution >= 4 is 17.5 Å². The van der Waals surface area contributed by atoms with Gasteiger partial charge in [0.1, 0.15) is 12.3 Å². The summed E-state index contributed by atoms with van der Waals surface area (Å²) >= 11 is 0. The molecule has 7 nitrogen and oxygen atoms in total. The Labute approximate surface area is 138 Å². The topological polar surface area (TPSA) is 100 Å². The van der Waals surface area contributed by atoms with E-state index in [2.05, 4.69) is 20.8 Å². The fourth-order valence-corrected chi connectivity index (χ4v) is 2.14. The second kappa shape index (κ2) is 6.82. The summed E-state index contributed by atoms with van der Waals surface area (Å²) in [6, 6.07) is 10.0. The number of hydrogen-bond acceptors (Lipinski definition) is 4. The van der Waals surface area contributed by atoms with Gasteiger partial charge in [-0.1, -0.05) is 12.1 Å². The molecule has 2 aromatic heterocycles. The van der Waals surface area contributed by atoms with Gasteiger partial charge >= 0.3 is 0 Å². The SMILES string of the molecule is CC(NC(=O)c1ccoc1)C(=O)Nc1ccc(-c2ccn[nH]2)cc1. The van der Waals surface area contributed by atoms with Gasteiger partial charge in [0.2, 0.25) is 5.91 Å². The second-order valence-electron chi connectivity index (χ2n) is 5.24. The van der Waals surface area contributed by atoms with E-state index in [1.165, 1.54) is 18.6 Å². The molecule has 0 aliphatic heterocycles. The van der Waals surface area contributed by atoms with Crippen LogP contribution in [0.15, 0.2) is 59.5 Å². The number of nitrogens with zero attached hydrogens (tertiary/aromatic N) is 1. The van der Waals surface area contributed by atoms with Crippen LogP contribution in [0.3, 0.4) is 0 Å². The number of anilines is 1. The van der Waals surface area contributed by atoms with Gasteiger partial charge in [0.25, 0.3) is 5.91 Å². The zero-order chi connectivity index (χ0) is 16.9. The van der Waals surface area contributed by atoms with E-state index < -0.39 is 6.04 Å². The number of carbonyl (C=O) groups excluding carboxylic acids is 2. The van der Waals surface area contributed by atoms with E-state index in [9.17, 15) is 9.59 Å². The molecule has 0 aliphatic rings. The third kappa shape index (κ3) is 3.52. The molecule has 3 rings (SSSR count). The van der Waals surface area contributed by atoms with Gasteiger partial charge in [0.05, 0.1) is 17.5 Å². The number of carbonyl (C=O) groups is 2. The Hall–Kier alpha value is -3.35. The zero-order valence-corrected chi connectivity index (χ0v) is 12.9. The van der Waals surface area contributed by atoms with Crippen LogP contribution in [-0.2, 0) is 4.79 Å². The summed E-state index contributed by atoms with van der Waals surface area (Å²) in [5.41, 5.74) is 2.88. The number of amides is 2. The average molecular weight is 324 g/mol. The highest BCUT2D eigenvalue weighted by Gasteiger charge is 2.17. The molecule has 0 bridgehead atoms. The van der Waals surface area contributed by atoms with E-state index in [4.69, 9.17) is 4.42 Å². The fourth-order valence-electron chi connectivity index (χ4n) is 2.14. The minimum atomic E-state index is -0.681. The van der Waals surface area contributed by atoms with Crippen LogP contribution in [0.25, 0.3) is 11.3 Å². The van der Waals surface area contributed by atoms with Crippen LogP contribution in [0.2, 0.25) is 0 Å². The molecule has 24 heavy (non-hydrogen) atoms. The maximum Gasteiger partial charge on any atom is 0.255 e. The summed E-state index contributed by atoms with van der Waals surface area (Å²) < 4.78 is 4.85. The van der Waals surface area contributed by atoms with Crippen molar-refractivity contribution < 1.29 is 14.0 Å². The molecule has 1 unspecified atom stereocenters. The van der Waals surface area contributed by atoms with E-state index in [-0.39, 0.29) is 11.8 Å². The van der Waals surface area contributed by atoms with Crippen molar-refractivity contribution in [3.8, 4) is 11.3 Å². The number of nitrogens with one attached hydrogen (secondary N) is 3. The van der Waals surface area contributed by atoms with Crippen LogP contribution in [0, 0.1) is 0 Å². The van der Waals surface area contributed by atoms with Crippen LogP contribution in [0.4, 0.5) is 5.69 Å². The molecular weight excluding hydrogens is 308 g/mol. The molecule has 0 aliphatic carbocycles. The molecule has 1 aromatic carbocycles. The molecule has 3 N–H and O–H groups in total. The Morgan fingerprint density at radius 2 is 1.96 bits per heavy atom. The van der Waals surface area contributed by atoms with Gasteiger partial charge in [-0.25, -0.2) is 0 Å². The molecule has 0 fully saturated rings. The van der Waals surface area contributed by atoms with Crippen LogP contribution in [0.5, 0.6) is 0 Å². The van der Waals surface area contributed by atoms with E-state index in [0.29, 0.717) is 11.3 Å². The minimum Gasteiger partial charge on any atom is -0.472 e. The molecule has 122 valence electrons. The third-order valence-electron chi connectivity index (χ3n) is 3.49. The first-order chi connectivity index (χ1) is 11.6. The molecule has 1 atom stereocenters. The number of aromatic amines is 1. The summed E-state index contributed by atoms with van der Waals surface area (Å²) in [6.45, 7) is 1.62. The first kappa shape index (κ1) is 15.5. The van der Waals surface area contributed by atoms with Crippen molar-refractivity contribution in [2.75, 3.05) is 5.32 Å². The van der Waals surface area contributed by atoms with Crippen LogP contribution < -0.4 is 10.6 Å². The Bertz CT molecular complexity index is 808. The normalized spacial score (nSPS) is 11.7. The Morgan fingerprint density at radius 3 is 2.58 bits per heavy atom. The molecule has 3 aromatic rings. The Morgan fingerprint density at radius 1 is 1.17 bits per heavy atom. The van der Waals surface area contributed by atoms with Gasteiger partial charge in [-0.15, -0.1) is 0 Å². The monoisotopic (exact) mass is 324 g/mol. The quantitative estimate of drug-likeness (QED) is 0.671. The Balaban J connectivity index is 1.59. The summed E-state index contributed by atoms with van der Waals surface area (Å²) in [6.07, 6.45) is 4.41. The average Bonchev–Trinajstić information content (AvgIpc) is 3.29. The molecule has 2 amide bonds. The maximum absolute atomic E-state index is 12.2. The van der Waals surface area contributed by atoms with Crippen molar-refractivity contribution in [1.82, 2.24) is 15.5 Å². The predicted molar refractivity (Wildman–Crippen MR) is 88.3 cm³/mol. The third-order valence-corrected chi connectivity index (χ3v) is 3.49. The van der Waals surface area contributed by atoms with Gasteiger partial charge in [-0.05, 0) is 36.8 Å². The molecule has 0 spiro atoms. The van der Waals surface area contributed by atoms with Crippen molar-refractivity contribution in [2.24, 2.45) is 0 Å². The molecular formula is C17H16N4O3. The molecule has 0 saturated carbocycles. The van der Waals surface area contributed by atoms with Crippen LogP contribution in [0.1, 0.15) is 17.3 Å². The highest BCUT2D eigenvalue weighted by atomic mass is 16.3. The maximum atomic E-state index is 12.2. The van der Waals surface area contributed by atoms with E-state index in [1.807, 2.05) is 18.2 Å². The summed E-state index contributed by atoms with van der Waals surface area (Å²) in [7, 11) is 0. The van der Waals surface area contributed by atoms with Crippen molar-refractivity contribution in [2.45, 2.75) is 13.0 Å². The fraction of sp³-hybridized carbons (Fsp3) is 0.118. The lowest BCUT2D eigenvalue weighted by Crippen LogP contribution is -2.41. The van der Waals surface area contributed by atoms with E-state index in [0.717, 1.165) is 11.3 Å². The van der Waals surface area contributed by atoms with Crippen molar-refractivity contribution in [3.05, 3.63) is 60.7 Å². The lowest BCUT2D eigenvalue weighted by molar-refractivity contribution is -0.117. The highest BCUT2D eigenvalue weighted by Crippen LogP contribution is 2.18. The molecule has 2 heterocycles. The van der Waals surface area contributed by atoms with E-state index >= 15 is 0 Å². The number of hydrogen-bond donors (Lipinski definition) is 3. The summed E-state index contributed by atoms with van der Waals surface area (Å²) in [4.78, 5) is 24.1. The van der Waals surface area contributed by atoms with Gasteiger partial charge < -0.3 is 15.1 Å². The highest BCUT2D eigenvalue weighted by molar-refractivity contribution is 6.00. The summed E-state index contributed by atoms with van der Waals surface area (Å²) in [5, 5.41) is 12.1. The minimum absolute atomic E-state index is 0.305. The lowest BCUT2D eigenvalue weighted by atomic mass is 10.1. The lowest BCUT2D eigenvalue weighted by Gasteiger charge is -2.13. The predicted octanol–water partition coefficient (Wildman–Crippen LogP) is 2.43. The van der Waals surface area contributed by atoms with Gasteiger partial charge in [-0.3, -0.25) is 14.7 Å². The summed E-state index contributed by atoms with van der Waals surface area (Å²) in [5.74, 6) is -0.665. The smallest absolute Gasteiger partial charge is 0.255 e. The van der Waals surface area contributed by atoms with Crippen LogP contribution >= 0.6 is 0 Å². The van der Waals surface area contributed by atoms with E-state index in [1.54, 1.807) is 25.3 Å². The first-order valence-corrected chi connectivity index (χ1v) is 7.37. The molecule has 7 heteroatoms. The van der Waals surface area contributed by atoms with Crippen LogP contribution in [-0.4, -0.2) is 28.1 Å². The first-order valence-electron chi connectivity index (χ1n) is 7.37. The number of furan rings is 1. The van der Waals surface area contributed by atoms with Gasteiger partial charge in [0, 0.05) is 11.9 Å².